The molecule has 0 spiro atoms. The molecular formula is C58H37NOS. The number of thiophene rings is 1. The average molecular weight is 796 g/mol. The molecule has 12 rings (SSSR count). The molecule has 2 nitrogen and oxygen atoms in total. The van der Waals surface area contributed by atoms with Crippen LogP contribution >= 0.6 is 11.3 Å². The number of fused-ring (bicyclic) bond motifs is 7. The average Bonchev–Trinajstić information content (AvgIpc) is 3.91. The van der Waals surface area contributed by atoms with Gasteiger partial charge in [0.15, 0.2) is 0 Å². The van der Waals surface area contributed by atoms with Gasteiger partial charge in [0.05, 0.1) is 5.69 Å². The highest BCUT2D eigenvalue weighted by molar-refractivity contribution is 7.25. The number of anilines is 3. The predicted molar refractivity (Wildman–Crippen MR) is 261 cm³/mol. The number of hydrogen-bond acceptors (Lipinski definition) is 3. The number of para-hydroxylation sites is 3. The van der Waals surface area contributed by atoms with E-state index in [-0.39, 0.29) is 0 Å². The highest BCUT2D eigenvalue weighted by Gasteiger charge is 2.19. The van der Waals surface area contributed by atoms with Crippen LogP contribution in [-0.2, 0) is 0 Å². The van der Waals surface area contributed by atoms with Crippen LogP contribution in [0.1, 0.15) is 0 Å². The predicted octanol–water partition coefficient (Wildman–Crippen LogP) is 17.2. The van der Waals surface area contributed by atoms with Gasteiger partial charge < -0.3 is 9.32 Å². The van der Waals surface area contributed by atoms with Crippen LogP contribution < -0.4 is 4.90 Å². The van der Waals surface area contributed by atoms with Gasteiger partial charge in [-0.1, -0.05) is 170 Å². The molecule has 10 aromatic carbocycles. The molecule has 0 N–H and O–H groups in total. The molecule has 0 unspecified atom stereocenters. The third-order valence-electron chi connectivity index (χ3n) is 12.1. The van der Waals surface area contributed by atoms with Crippen LogP contribution in [0.15, 0.2) is 229 Å². The number of rotatable bonds is 7. The zero-order chi connectivity index (χ0) is 40.3. The zero-order valence-electron chi connectivity index (χ0n) is 33.1. The van der Waals surface area contributed by atoms with E-state index < -0.39 is 0 Å². The monoisotopic (exact) mass is 795 g/mol. The van der Waals surface area contributed by atoms with Crippen molar-refractivity contribution in [1.29, 1.82) is 0 Å². The van der Waals surface area contributed by atoms with E-state index >= 15 is 0 Å². The molecule has 0 aliphatic rings. The minimum absolute atomic E-state index is 0.905. The molecule has 0 radical (unpaired) electrons. The van der Waals surface area contributed by atoms with Gasteiger partial charge in [-0.15, -0.1) is 11.3 Å². The standard InChI is InChI=1S/C58H37NOS/c1-2-13-46-40(11-1)12-9-17-47(46)41-25-23-38(24-26-41)39-27-32-44(33-28-39)59(45-34-29-42(30-35-45)49-18-10-19-52-50-15-4-7-21-55(50)60-58(49)52)54-20-6-3-14-48(54)43-31-36-57-53(37-43)51-16-5-8-22-56(51)61-57/h1-37H. The molecule has 2 aromatic heterocycles. The maximum atomic E-state index is 6.45. The first-order valence-corrected chi connectivity index (χ1v) is 21.6. The molecule has 0 fully saturated rings. The molecule has 0 aliphatic heterocycles. The van der Waals surface area contributed by atoms with E-state index in [1.165, 1.54) is 64.3 Å². The Balaban J connectivity index is 0.954. The van der Waals surface area contributed by atoms with Gasteiger partial charge in [0.25, 0.3) is 0 Å². The lowest BCUT2D eigenvalue weighted by atomic mass is 9.96. The summed E-state index contributed by atoms with van der Waals surface area (Å²) >= 11 is 1.85. The van der Waals surface area contributed by atoms with E-state index in [0.29, 0.717) is 0 Å². The summed E-state index contributed by atoms with van der Waals surface area (Å²) in [5.74, 6) is 0. The summed E-state index contributed by atoms with van der Waals surface area (Å²) in [7, 11) is 0. The lowest BCUT2D eigenvalue weighted by Crippen LogP contribution is -2.11. The van der Waals surface area contributed by atoms with Gasteiger partial charge in [-0.3, -0.25) is 0 Å². The molecule has 12 aromatic rings. The Hall–Kier alpha value is -7.72. The Labute approximate surface area is 357 Å². The fraction of sp³-hybridized carbons (Fsp3) is 0. The first-order valence-electron chi connectivity index (χ1n) is 20.7. The van der Waals surface area contributed by atoms with E-state index in [1.54, 1.807) is 0 Å². The Morgan fingerprint density at radius 2 is 0.852 bits per heavy atom. The van der Waals surface area contributed by atoms with E-state index in [4.69, 9.17) is 4.42 Å². The minimum Gasteiger partial charge on any atom is -0.455 e. The second-order valence-electron chi connectivity index (χ2n) is 15.6. The first-order chi connectivity index (χ1) is 30.2. The smallest absolute Gasteiger partial charge is 0.143 e. The van der Waals surface area contributed by atoms with Crippen LogP contribution in [0.25, 0.3) is 97.4 Å². The van der Waals surface area contributed by atoms with E-state index in [2.05, 4.69) is 217 Å². The molecule has 0 amide bonds. The summed E-state index contributed by atoms with van der Waals surface area (Å²) < 4.78 is 9.07. The van der Waals surface area contributed by atoms with E-state index in [9.17, 15) is 0 Å². The lowest BCUT2D eigenvalue weighted by Gasteiger charge is -2.28. The van der Waals surface area contributed by atoms with Gasteiger partial charge in [-0.2, -0.15) is 0 Å². The van der Waals surface area contributed by atoms with Gasteiger partial charge in [0.2, 0.25) is 0 Å². The van der Waals surface area contributed by atoms with Crippen molar-refractivity contribution in [3.05, 3.63) is 224 Å². The minimum atomic E-state index is 0.905. The fourth-order valence-electron chi connectivity index (χ4n) is 9.12. The molecular weight excluding hydrogens is 759 g/mol. The quantitative estimate of drug-likeness (QED) is 0.160. The topological polar surface area (TPSA) is 16.4 Å². The van der Waals surface area contributed by atoms with Crippen molar-refractivity contribution in [2.75, 3.05) is 4.90 Å². The summed E-state index contributed by atoms with van der Waals surface area (Å²) in [5, 5.41) is 7.38. The van der Waals surface area contributed by atoms with Gasteiger partial charge in [0, 0.05) is 53.4 Å². The molecule has 61 heavy (non-hydrogen) atoms. The first kappa shape index (κ1) is 35.2. The molecule has 0 saturated carbocycles. The van der Waals surface area contributed by atoms with Crippen molar-refractivity contribution in [3.8, 4) is 44.5 Å². The van der Waals surface area contributed by atoms with Gasteiger partial charge in [-0.25, -0.2) is 0 Å². The van der Waals surface area contributed by atoms with Crippen molar-refractivity contribution in [3.63, 3.8) is 0 Å². The Morgan fingerprint density at radius 1 is 0.328 bits per heavy atom. The lowest BCUT2D eigenvalue weighted by molar-refractivity contribution is 0.670. The Kier molecular flexibility index (Phi) is 8.39. The summed E-state index contributed by atoms with van der Waals surface area (Å²) in [6.45, 7) is 0. The molecule has 0 saturated heterocycles. The second kappa shape index (κ2) is 14.5. The highest BCUT2D eigenvalue weighted by atomic mass is 32.1. The fourth-order valence-corrected chi connectivity index (χ4v) is 10.2. The van der Waals surface area contributed by atoms with Gasteiger partial charge >= 0.3 is 0 Å². The number of nitrogens with zero attached hydrogens (tertiary/aromatic N) is 1. The number of hydrogen-bond donors (Lipinski definition) is 0. The number of benzene rings is 10. The highest BCUT2D eigenvalue weighted by Crippen LogP contribution is 2.45. The maximum Gasteiger partial charge on any atom is 0.143 e. The van der Waals surface area contributed by atoms with Gasteiger partial charge in [-0.05, 0) is 98.8 Å². The van der Waals surface area contributed by atoms with Crippen molar-refractivity contribution in [2.24, 2.45) is 0 Å². The third-order valence-corrected chi connectivity index (χ3v) is 13.3. The molecule has 3 heteroatoms. The maximum absolute atomic E-state index is 6.45. The molecule has 0 bridgehead atoms. The summed E-state index contributed by atoms with van der Waals surface area (Å²) in [4.78, 5) is 2.39. The van der Waals surface area contributed by atoms with Crippen LogP contribution in [0, 0.1) is 0 Å². The van der Waals surface area contributed by atoms with Crippen LogP contribution in [0.2, 0.25) is 0 Å². The second-order valence-corrected chi connectivity index (χ2v) is 16.7. The van der Waals surface area contributed by atoms with Gasteiger partial charge in [0.1, 0.15) is 11.2 Å². The summed E-state index contributed by atoms with van der Waals surface area (Å²) in [6.07, 6.45) is 0. The molecule has 2 heterocycles. The van der Waals surface area contributed by atoms with Crippen LogP contribution in [0.5, 0.6) is 0 Å². The SMILES string of the molecule is c1ccc(N(c2ccc(-c3ccc(-c4cccc5ccccc45)cc3)cc2)c2ccc(-c3cccc4c3oc3ccccc34)cc2)c(-c2ccc3sc4ccccc4c3c2)c1. The van der Waals surface area contributed by atoms with Crippen LogP contribution in [0.3, 0.4) is 0 Å². The zero-order valence-corrected chi connectivity index (χ0v) is 33.9. The van der Waals surface area contributed by atoms with Crippen molar-refractivity contribution in [1.82, 2.24) is 0 Å². The van der Waals surface area contributed by atoms with E-state index in [1.807, 2.05) is 23.5 Å². The van der Waals surface area contributed by atoms with Crippen molar-refractivity contribution in [2.45, 2.75) is 0 Å². The summed E-state index contributed by atoms with van der Waals surface area (Å²) in [6, 6.07) is 81.2. The molecule has 0 atom stereocenters. The molecule has 0 aliphatic carbocycles. The van der Waals surface area contributed by atoms with Crippen LogP contribution in [0.4, 0.5) is 17.1 Å². The Bertz CT molecular complexity index is 3570. The molecule has 286 valence electrons. The number of furan rings is 1. The van der Waals surface area contributed by atoms with Crippen molar-refractivity contribution >= 4 is 81.3 Å². The van der Waals surface area contributed by atoms with E-state index in [0.717, 1.165) is 50.1 Å². The van der Waals surface area contributed by atoms with Crippen molar-refractivity contribution < 1.29 is 4.42 Å². The Morgan fingerprint density at radius 3 is 1.67 bits per heavy atom. The third kappa shape index (κ3) is 6.09. The normalized spacial score (nSPS) is 11.6. The van der Waals surface area contributed by atoms with Crippen LogP contribution in [-0.4, -0.2) is 0 Å². The summed E-state index contributed by atoms with van der Waals surface area (Å²) in [5.41, 5.74) is 14.5. The largest absolute Gasteiger partial charge is 0.455 e.